The number of amides is 1. The van der Waals surface area contributed by atoms with Crippen molar-refractivity contribution in [3.63, 3.8) is 0 Å². The van der Waals surface area contributed by atoms with E-state index in [1.807, 2.05) is 0 Å². The lowest BCUT2D eigenvalue weighted by atomic mass is 9.44. The molecule has 0 aromatic carbocycles. The summed E-state index contributed by atoms with van der Waals surface area (Å²) in [6.07, 6.45) is 13.8. The van der Waals surface area contributed by atoms with Crippen LogP contribution in [0.2, 0.25) is 0 Å². The SMILES string of the molecule is C[C@H]1CC[C@@]2(OC1)O[C@H]1C[C@H]3[C@@H]4CC[C@@H]5CC(NC(=O)CCN6CCN(CCN(C)C)CC6)CC[C@]5(C)[C@H]4CC[C@]3(C)[C@H]1[C@@H]2C. The van der Waals surface area contributed by atoms with Crippen LogP contribution in [-0.2, 0) is 14.3 Å². The second-order valence-corrected chi connectivity index (χ2v) is 17.9. The Labute approximate surface area is 274 Å². The third-order valence-corrected chi connectivity index (χ3v) is 15.3. The van der Waals surface area contributed by atoms with Gasteiger partial charge >= 0.3 is 0 Å². The molecule has 256 valence electrons. The normalized spacial score (nSPS) is 48.6. The lowest BCUT2D eigenvalue weighted by molar-refractivity contribution is -0.273. The monoisotopic (exact) mass is 627 g/mol. The summed E-state index contributed by atoms with van der Waals surface area (Å²) in [7, 11) is 4.29. The molecule has 7 aliphatic rings. The summed E-state index contributed by atoms with van der Waals surface area (Å²) < 4.78 is 13.6. The van der Waals surface area contributed by atoms with E-state index in [2.05, 4.69) is 61.8 Å². The van der Waals surface area contributed by atoms with E-state index in [1.165, 1.54) is 51.4 Å². The molecule has 45 heavy (non-hydrogen) atoms. The molecular weight excluding hydrogens is 560 g/mol. The fraction of sp³-hybridized carbons (Fsp3) is 0.974. The highest BCUT2D eigenvalue weighted by Crippen LogP contribution is 2.71. The highest BCUT2D eigenvalue weighted by Gasteiger charge is 2.69. The molecule has 1 unspecified atom stereocenters. The molecule has 0 aromatic rings. The Bertz CT molecular complexity index is 1050. The smallest absolute Gasteiger partial charge is 0.221 e. The number of hydrogen-bond acceptors (Lipinski definition) is 6. The fourth-order valence-electron chi connectivity index (χ4n) is 12.5. The van der Waals surface area contributed by atoms with Gasteiger partial charge in [0.1, 0.15) is 0 Å². The third-order valence-electron chi connectivity index (χ3n) is 15.3. The van der Waals surface area contributed by atoms with Crippen LogP contribution < -0.4 is 5.32 Å². The van der Waals surface area contributed by atoms with Gasteiger partial charge in [0.15, 0.2) is 5.79 Å². The van der Waals surface area contributed by atoms with E-state index >= 15 is 0 Å². The predicted molar refractivity (Wildman–Crippen MR) is 180 cm³/mol. The van der Waals surface area contributed by atoms with Crippen LogP contribution in [0.4, 0.5) is 0 Å². The van der Waals surface area contributed by atoms with Gasteiger partial charge < -0.3 is 24.6 Å². The van der Waals surface area contributed by atoms with Crippen LogP contribution in [0.3, 0.4) is 0 Å². The van der Waals surface area contributed by atoms with Gasteiger partial charge in [0.05, 0.1) is 12.7 Å². The van der Waals surface area contributed by atoms with E-state index in [0.29, 0.717) is 47.2 Å². The van der Waals surface area contributed by atoms with Gasteiger partial charge in [-0.15, -0.1) is 0 Å². The molecule has 7 nitrogen and oxygen atoms in total. The molecule has 1 amide bonds. The quantitative estimate of drug-likeness (QED) is 0.404. The first-order valence-electron chi connectivity index (χ1n) is 19.2. The number of hydrogen-bond donors (Lipinski definition) is 1. The zero-order chi connectivity index (χ0) is 31.6. The Balaban J connectivity index is 0.904. The minimum Gasteiger partial charge on any atom is -0.353 e. The molecule has 7 rings (SSSR count). The number of carbonyl (C=O) groups is 1. The van der Waals surface area contributed by atoms with E-state index in [-0.39, 0.29) is 11.7 Å². The average molecular weight is 627 g/mol. The number of piperazine rings is 1. The van der Waals surface area contributed by atoms with E-state index in [1.54, 1.807) is 0 Å². The Morgan fingerprint density at radius 1 is 0.867 bits per heavy atom. The van der Waals surface area contributed by atoms with E-state index in [0.717, 1.165) is 88.9 Å². The van der Waals surface area contributed by atoms with Gasteiger partial charge in [0.2, 0.25) is 5.91 Å². The molecule has 7 heteroatoms. The van der Waals surface area contributed by atoms with Crippen molar-refractivity contribution in [1.29, 1.82) is 0 Å². The first-order chi connectivity index (χ1) is 21.5. The number of fused-ring (bicyclic) bond motifs is 7. The summed E-state index contributed by atoms with van der Waals surface area (Å²) in [4.78, 5) is 20.4. The molecule has 4 saturated carbocycles. The predicted octanol–water partition coefficient (Wildman–Crippen LogP) is 5.49. The summed E-state index contributed by atoms with van der Waals surface area (Å²) >= 11 is 0. The number of rotatable bonds is 7. The molecule has 1 spiro atoms. The van der Waals surface area contributed by atoms with E-state index < -0.39 is 0 Å². The zero-order valence-corrected chi connectivity index (χ0v) is 29.7. The minimum absolute atomic E-state index is 0.279. The van der Waals surface area contributed by atoms with Crippen LogP contribution in [0.15, 0.2) is 0 Å². The van der Waals surface area contributed by atoms with Crippen LogP contribution in [0.5, 0.6) is 0 Å². The Morgan fingerprint density at radius 3 is 2.31 bits per heavy atom. The summed E-state index contributed by atoms with van der Waals surface area (Å²) in [5, 5.41) is 3.52. The van der Waals surface area contributed by atoms with E-state index in [4.69, 9.17) is 9.47 Å². The summed E-state index contributed by atoms with van der Waals surface area (Å²) in [6, 6.07) is 0.373. The Hall–Kier alpha value is -0.730. The van der Waals surface area contributed by atoms with Crippen molar-refractivity contribution in [1.82, 2.24) is 20.0 Å². The molecule has 1 N–H and O–H groups in total. The zero-order valence-electron chi connectivity index (χ0n) is 29.7. The molecule has 0 bridgehead atoms. The van der Waals surface area contributed by atoms with Gasteiger partial charge in [-0.2, -0.15) is 0 Å². The van der Waals surface area contributed by atoms with Gasteiger partial charge in [-0.3, -0.25) is 9.69 Å². The second kappa shape index (κ2) is 12.6. The third kappa shape index (κ3) is 5.95. The van der Waals surface area contributed by atoms with Gasteiger partial charge in [0, 0.05) is 70.6 Å². The number of ether oxygens (including phenoxy) is 2. The second-order valence-electron chi connectivity index (χ2n) is 17.9. The van der Waals surface area contributed by atoms with Crippen molar-refractivity contribution in [2.75, 3.05) is 66.5 Å². The first-order valence-corrected chi connectivity index (χ1v) is 19.2. The summed E-state index contributed by atoms with van der Waals surface area (Å²) in [6.45, 7) is 18.6. The minimum atomic E-state index is -0.306. The molecule has 7 fully saturated rings. The molecule has 0 radical (unpaired) electrons. The highest BCUT2D eigenvalue weighted by molar-refractivity contribution is 5.76. The molecule has 3 saturated heterocycles. The van der Waals surface area contributed by atoms with Crippen molar-refractivity contribution in [2.45, 2.75) is 116 Å². The van der Waals surface area contributed by atoms with Crippen LogP contribution >= 0.6 is 0 Å². The van der Waals surface area contributed by atoms with Crippen molar-refractivity contribution >= 4 is 5.91 Å². The number of nitrogens with one attached hydrogen (secondary N) is 1. The molecular formula is C38H66N4O3. The average Bonchev–Trinajstić information content (AvgIpc) is 3.46. The van der Waals surface area contributed by atoms with Gasteiger partial charge in [-0.05, 0) is 118 Å². The Morgan fingerprint density at radius 2 is 1.60 bits per heavy atom. The van der Waals surface area contributed by atoms with Gasteiger partial charge in [-0.25, -0.2) is 0 Å². The van der Waals surface area contributed by atoms with Crippen LogP contribution in [0.1, 0.15) is 98.3 Å². The lowest BCUT2D eigenvalue weighted by Gasteiger charge is -2.61. The van der Waals surface area contributed by atoms with Crippen molar-refractivity contribution in [2.24, 2.45) is 52.3 Å². The summed E-state index contributed by atoms with van der Waals surface area (Å²) in [5.74, 6) is 5.05. The first kappa shape index (κ1) is 32.8. The number of carbonyl (C=O) groups excluding carboxylic acids is 1. The van der Waals surface area contributed by atoms with Crippen LogP contribution in [-0.4, -0.2) is 105 Å². The van der Waals surface area contributed by atoms with Crippen LogP contribution in [0, 0.1) is 52.3 Å². The van der Waals surface area contributed by atoms with Gasteiger partial charge in [0.25, 0.3) is 0 Å². The van der Waals surface area contributed by atoms with Crippen molar-refractivity contribution < 1.29 is 14.3 Å². The lowest BCUT2D eigenvalue weighted by Crippen LogP contribution is -2.56. The number of likely N-dealkylation sites (N-methyl/N-ethyl adjacent to an activating group) is 1. The maximum Gasteiger partial charge on any atom is 0.221 e. The maximum atomic E-state index is 13.1. The molecule has 0 aromatic heterocycles. The number of nitrogens with zero attached hydrogens (tertiary/aromatic N) is 3. The Kier molecular flexibility index (Phi) is 9.20. The van der Waals surface area contributed by atoms with E-state index in [9.17, 15) is 4.79 Å². The molecule has 4 aliphatic carbocycles. The van der Waals surface area contributed by atoms with Crippen LogP contribution in [0.25, 0.3) is 0 Å². The molecule has 12 atom stereocenters. The molecule has 3 heterocycles. The van der Waals surface area contributed by atoms with Crippen molar-refractivity contribution in [3.8, 4) is 0 Å². The van der Waals surface area contributed by atoms with Crippen molar-refractivity contribution in [3.05, 3.63) is 0 Å². The largest absolute Gasteiger partial charge is 0.353 e. The standard InChI is InChI=1S/C38H66N4O3/c1-26-9-15-38(44-25-26)27(2)35-33(45-38)24-32-30-8-7-28-23-29(10-13-36(28,3)31(30)11-14-37(32,35)4)39-34(43)12-16-41-19-21-42(22-20-41)18-17-40(5)6/h26-33,35H,7-25H2,1-6H3,(H,39,43)/t26-,27-,28+,29?,30+,31-,32-,33-,35-,36-,37-,38+/m0/s1. The highest BCUT2D eigenvalue weighted by atomic mass is 16.7. The fourth-order valence-corrected chi connectivity index (χ4v) is 12.5. The topological polar surface area (TPSA) is 57.3 Å². The molecule has 3 aliphatic heterocycles. The summed E-state index contributed by atoms with van der Waals surface area (Å²) in [5.41, 5.74) is 0.833. The van der Waals surface area contributed by atoms with Gasteiger partial charge in [-0.1, -0.05) is 27.7 Å². The maximum absolute atomic E-state index is 13.1.